The van der Waals surface area contributed by atoms with Crippen molar-refractivity contribution in [2.75, 3.05) is 6.54 Å². The first kappa shape index (κ1) is 19.7. The lowest BCUT2D eigenvalue weighted by molar-refractivity contribution is 0.575. The summed E-state index contributed by atoms with van der Waals surface area (Å²) in [6, 6.07) is 10.3. The van der Waals surface area contributed by atoms with Gasteiger partial charge in [-0.3, -0.25) is 0 Å². The van der Waals surface area contributed by atoms with Crippen LogP contribution in [0.15, 0.2) is 35.2 Å². The minimum atomic E-state index is -3.48. The van der Waals surface area contributed by atoms with Crippen LogP contribution in [0.3, 0.4) is 0 Å². The summed E-state index contributed by atoms with van der Waals surface area (Å²) in [5.74, 6) is 0. The second-order valence-corrected chi connectivity index (χ2v) is 8.50. The molecule has 25 heavy (non-hydrogen) atoms. The molecule has 0 radical (unpaired) electrons. The summed E-state index contributed by atoms with van der Waals surface area (Å²) < 4.78 is 28.4. The van der Waals surface area contributed by atoms with E-state index in [0.717, 1.165) is 41.5 Å². The summed E-state index contributed by atoms with van der Waals surface area (Å²) in [7, 11) is -3.48. The number of hydrogen-bond donors (Lipinski definition) is 1. The van der Waals surface area contributed by atoms with Gasteiger partial charge in [0.15, 0.2) is 0 Å². The van der Waals surface area contributed by atoms with E-state index in [0.29, 0.717) is 11.4 Å². The lowest BCUT2D eigenvalue weighted by Crippen LogP contribution is -2.27. The van der Waals surface area contributed by atoms with Crippen LogP contribution >= 0.6 is 0 Å². The van der Waals surface area contributed by atoms with E-state index in [1.807, 2.05) is 45.9 Å². The van der Waals surface area contributed by atoms with Crippen molar-refractivity contribution < 1.29 is 8.42 Å². The zero-order valence-electron chi connectivity index (χ0n) is 15.9. The third kappa shape index (κ3) is 4.50. The van der Waals surface area contributed by atoms with Gasteiger partial charge in [0.2, 0.25) is 10.0 Å². The second-order valence-electron chi connectivity index (χ2n) is 6.79. The Balaban J connectivity index is 2.03. The minimum Gasteiger partial charge on any atom is -0.211 e. The molecule has 1 N–H and O–H groups in total. The Morgan fingerprint density at radius 2 is 1.28 bits per heavy atom. The maximum absolute atomic E-state index is 12.8. The number of benzene rings is 2. The molecule has 0 saturated carbocycles. The van der Waals surface area contributed by atoms with Crippen molar-refractivity contribution >= 4 is 10.0 Å². The van der Waals surface area contributed by atoms with Crippen LogP contribution in [0.4, 0.5) is 0 Å². The largest absolute Gasteiger partial charge is 0.241 e. The lowest BCUT2D eigenvalue weighted by Gasteiger charge is -2.19. The summed E-state index contributed by atoms with van der Waals surface area (Å²) in [5, 5.41) is 0. The molecule has 0 aliphatic carbocycles. The van der Waals surface area contributed by atoms with Gasteiger partial charge in [-0.25, -0.2) is 13.1 Å². The molecule has 3 nitrogen and oxygen atoms in total. The number of sulfonamides is 1. The second kappa shape index (κ2) is 8.15. The molecular weight excluding hydrogens is 330 g/mol. The van der Waals surface area contributed by atoms with E-state index in [1.165, 1.54) is 11.1 Å². The molecule has 0 spiro atoms. The molecule has 136 valence electrons. The van der Waals surface area contributed by atoms with Gasteiger partial charge in [-0.2, -0.15) is 0 Å². The number of unbranched alkanes of at least 4 members (excludes halogenated alkanes) is 1. The summed E-state index contributed by atoms with van der Waals surface area (Å²) in [4.78, 5) is 0.455. The van der Waals surface area contributed by atoms with Gasteiger partial charge in [-0.1, -0.05) is 30.3 Å². The summed E-state index contributed by atoms with van der Waals surface area (Å²) in [6.07, 6.45) is 2.77. The molecule has 0 atom stereocenters. The smallest absolute Gasteiger partial charge is 0.211 e. The SMILES string of the molecule is Cc1c(C)c(C)c(S(=O)(=O)NCCCCc2ccccc2)c(C)c1C. The minimum absolute atomic E-state index is 0.455. The average molecular weight is 360 g/mol. The van der Waals surface area contributed by atoms with Gasteiger partial charge in [0, 0.05) is 6.54 Å². The predicted molar refractivity (Wildman–Crippen MR) is 105 cm³/mol. The van der Waals surface area contributed by atoms with E-state index in [-0.39, 0.29) is 0 Å². The van der Waals surface area contributed by atoms with Crippen LogP contribution in [-0.2, 0) is 16.4 Å². The fourth-order valence-electron chi connectivity index (χ4n) is 3.25. The molecule has 0 bridgehead atoms. The van der Waals surface area contributed by atoms with Gasteiger partial charge in [-0.15, -0.1) is 0 Å². The quantitative estimate of drug-likeness (QED) is 0.738. The van der Waals surface area contributed by atoms with Crippen molar-refractivity contribution in [3.05, 3.63) is 63.7 Å². The van der Waals surface area contributed by atoms with Crippen LogP contribution in [0.1, 0.15) is 46.2 Å². The maximum Gasteiger partial charge on any atom is 0.241 e. The topological polar surface area (TPSA) is 46.2 Å². The first-order chi connectivity index (χ1) is 11.8. The van der Waals surface area contributed by atoms with Gasteiger partial charge in [0.1, 0.15) is 0 Å². The summed E-state index contributed by atoms with van der Waals surface area (Å²) >= 11 is 0. The van der Waals surface area contributed by atoms with E-state index in [2.05, 4.69) is 23.8 Å². The van der Waals surface area contributed by atoms with E-state index >= 15 is 0 Å². The van der Waals surface area contributed by atoms with Gasteiger partial charge >= 0.3 is 0 Å². The molecule has 0 aliphatic heterocycles. The highest BCUT2D eigenvalue weighted by atomic mass is 32.2. The summed E-state index contributed by atoms with van der Waals surface area (Å²) in [5.41, 5.74) is 6.31. The zero-order chi connectivity index (χ0) is 18.6. The Bertz CT molecular complexity index is 811. The molecule has 2 aromatic rings. The van der Waals surface area contributed by atoms with Crippen LogP contribution in [0, 0.1) is 34.6 Å². The first-order valence-electron chi connectivity index (χ1n) is 8.86. The highest BCUT2D eigenvalue weighted by Gasteiger charge is 2.23. The third-order valence-electron chi connectivity index (χ3n) is 5.23. The van der Waals surface area contributed by atoms with Crippen LogP contribution in [0.2, 0.25) is 0 Å². The average Bonchev–Trinajstić information content (AvgIpc) is 2.58. The first-order valence-corrected chi connectivity index (χ1v) is 10.3. The molecule has 0 saturated heterocycles. The fourth-order valence-corrected chi connectivity index (χ4v) is 4.92. The number of aryl methyl sites for hydroxylation is 1. The molecule has 0 heterocycles. The van der Waals surface area contributed by atoms with Crippen molar-refractivity contribution in [3.63, 3.8) is 0 Å². The Hall–Kier alpha value is -1.65. The van der Waals surface area contributed by atoms with Crippen LogP contribution < -0.4 is 4.72 Å². The highest BCUT2D eigenvalue weighted by molar-refractivity contribution is 7.89. The number of nitrogens with one attached hydrogen (secondary N) is 1. The van der Waals surface area contributed by atoms with Crippen molar-refractivity contribution in [1.29, 1.82) is 0 Å². The predicted octanol–water partition coefficient (Wildman–Crippen LogP) is 4.53. The van der Waals surface area contributed by atoms with Crippen LogP contribution in [-0.4, -0.2) is 15.0 Å². The van der Waals surface area contributed by atoms with E-state index < -0.39 is 10.0 Å². The van der Waals surface area contributed by atoms with Crippen molar-refractivity contribution in [2.45, 2.75) is 58.8 Å². The summed E-state index contributed by atoms with van der Waals surface area (Å²) in [6.45, 7) is 10.3. The number of rotatable bonds is 7. The molecule has 0 fully saturated rings. The standard InChI is InChI=1S/C21H29NO2S/c1-15-16(2)18(4)21(19(5)17(15)3)25(23,24)22-14-10-9-13-20-11-7-6-8-12-20/h6-8,11-12,22H,9-10,13-14H2,1-5H3. The molecule has 4 heteroatoms. The third-order valence-corrected chi connectivity index (χ3v) is 6.96. The Labute approximate surface area is 152 Å². The number of hydrogen-bond acceptors (Lipinski definition) is 2. The van der Waals surface area contributed by atoms with Gasteiger partial charge in [-0.05, 0) is 87.3 Å². The van der Waals surface area contributed by atoms with Gasteiger partial charge < -0.3 is 0 Å². The Morgan fingerprint density at radius 3 is 1.84 bits per heavy atom. The van der Waals surface area contributed by atoms with E-state index in [4.69, 9.17) is 0 Å². The maximum atomic E-state index is 12.8. The Kier molecular flexibility index (Phi) is 6.42. The molecule has 0 aromatic heterocycles. The molecule has 2 rings (SSSR count). The molecule has 2 aromatic carbocycles. The lowest BCUT2D eigenvalue weighted by atomic mass is 9.95. The molecular formula is C21H29NO2S. The zero-order valence-corrected chi connectivity index (χ0v) is 16.8. The normalized spacial score (nSPS) is 11.7. The van der Waals surface area contributed by atoms with Gasteiger partial charge in [0.05, 0.1) is 4.90 Å². The van der Waals surface area contributed by atoms with Gasteiger partial charge in [0.25, 0.3) is 0 Å². The molecule has 0 aliphatic rings. The fraction of sp³-hybridized carbons (Fsp3) is 0.429. The van der Waals surface area contributed by atoms with Crippen molar-refractivity contribution in [1.82, 2.24) is 4.72 Å². The van der Waals surface area contributed by atoms with E-state index in [1.54, 1.807) is 0 Å². The van der Waals surface area contributed by atoms with E-state index in [9.17, 15) is 8.42 Å². The highest BCUT2D eigenvalue weighted by Crippen LogP contribution is 2.29. The monoisotopic (exact) mass is 359 g/mol. The van der Waals surface area contributed by atoms with Crippen molar-refractivity contribution in [3.8, 4) is 0 Å². The van der Waals surface area contributed by atoms with Crippen LogP contribution in [0.25, 0.3) is 0 Å². The van der Waals surface area contributed by atoms with Crippen LogP contribution in [0.5, 0.6) is 0 Å². The molecule has 0 amide bonds. The molecule has 0 unspecified atom stereocenters. The Morgan fingerprint density at radius 1 is 0.760 bits per heavy atom. The van der Waals surface area contributed by atoms with Crippen molar-refractivity contribution in [2.24, 2.45) is 0 Å².